The number of terminal acetylenes is 2. The number of nitrogens with one attached hydrogen (secondary N) is 7. The smallest absolute Gasteiger partial charge is 0.295 e. The number of carbonyl (C=O) groups excluding carboxylic acids is 3. The minimum atomic E-state index is -3.53. The van der Waals surface area contributed by atoms with Gasteiger partial charge in [0.05, 0.1) is 148 Å². The molecule has 17 rings (SSSR count). The summed E-state index contributed by atoms with van der Waals surface area (Å²) in [5.74, 6) is 8.64. The molecule has 30 nitrogen and oxygen atoms in total. The molecule has 750 valence electrons. The predicted octanol–water partition coefficient (Wildman–Crippen LogP) is 21.1. The van der Waals surface area contributed by atoms with Crippen molar-refractivity contribution in [2.75, 3.05) is 86.0 Å². The quantitative estimate of drug-likeness (QED) is 0.0177. The van der Waals surface area contributed by atoms with Crippen LogP contribution in [0.4, 0.5) is 17.7 Å². The zero-order chi connectivity index (χ0) is 103. The lowest BCUT2D eigenvalue weighted by Crippen LogP contribution is -2.52. The monoisotopic (exact) mass is 2150 g/mol. The van der Waals surface area contributed by atoms with Crippen molar-refractivity contribution < 1.29 is 65.4 Å². The van der Waals surface area contributed by atoms with Crippen molar-refractivity contribution in [3.05, 3.63) is 231 Å². The van der Waals surface area contributed by atoms with Crippen molar-refractivity contribution in [3.8, 4) is 115 Å². The number of aryl methyl sites for hydroxylation is 1. The number of sulfonamides is 1. The lowest BCUT2D eigenvalue weighted by atomic mass is 9.90. The molecule has 5 aromatic heterocycles. The van der Waals surface area contributed by atoms with Gasteiger partial charge in [0.1, 0.15) is 57.6 Å². The number of halogens is 9. The van der Waals surface area contributed by atoms with Gasteiger partial charge in [-0.2, -0.15) is 0 Å². The van der Waals surface area contributed by atoms with Gasteiger partial charge in [0.2, 0.25) is 27.8 Å². The van der Waals surface area contributed by atoms with Crippen LogP contribution in [0.3, 0.4) is 0 Å². The second-order valence-electron chi connectivity index (χ2n) is 33.6. The summed E-state index contributed by atoms with van der Waals surface area (Å²) in [5.41, 5.74) is 9.45. The maximum absolute atomic E-state index is 13.7. The molecule has 3 amide bonds. The third-order valence-electron chi connectivity index (χ3n) is 25.1. The first kappa shape index (κ1) is 107. The number of methoxy groups -OCH3 is 8. The van der Waals surface area contributed by atoms with Crippen LogP contribution in [0.2, 0.25) is 45.2 Å². The normalized spacial score (nSPS) is 17.3. The number of aromatic nitrogens is 8. The van der Waals surface area contributed by atoms with Gasteiger partial charge in [-0.05, 0) is 134 Å². The Labute approximate surface area is 877 Å². The van der Waals surface area contributed by atoms with Crippen LogP contribution in [-0.4, -0.2) is 178 Å². The fraction of sp³-hybridized carbons (Fsp3) is 0.298. The van der Waals surface area contributed by atoms with Crippen molar-refractivity contribution in [2.45, 2.75) is 132 Å². The summed E-state index contributed by atoms with van der Waals surface area (Å²) >= 11 is 59.4. The minimum Gasteiger partial charge on any atom is -0.495 e. The lowest BCUT2D eigenvalue weighted by molar-refractivity contribution is -0.118. The van der Waals surface area contributed by atoms with Crippen molar-refractivity contribution in [1.29, 1.82) is 0 Å². The number of nitrogens with zero attached hydrogens (tertiary/aromatic N) is 8. The van der Waals surface area contributed by atoms with E-state index in [1.54, 1.807) is 80.0 Å². The molecule has 0 radical (unpaired) electrons. The summed E-state index contributed by atoms with van der Waals surface area (Å²) in [7, 11) is 8.59. The number of ether oxygens (including phenoxy) is 9. The summed E-state index contributed by atoms with van der Waals surface area (Å²) < 4.78 is 77.0. The maximum atomic E-state index is 13.7. The predicted molar refractivity (Wildman–Crippen MR) is 570 cm³/mol. The van der Waals surface area contributed by atoms with Crippen molar-refractivity contribution in [1.82, 2.24) is 60.1 Å². The molecule has 8 atom stereocenters. The van der Waals surface area contributed by atoms with Gasteiger partial charge in [0.25, 0.3) is 17.4 Å². The molecule has 0 unspecified atom stereocenters. The number of carbonyl (C=O) groups is 3. The molecule has 3 fully saturated rings. The topological polar surface area (TPSA) is 365 Å². The van der Waals surface area contributed by atoms with Crippen LogP contribution in [0.1, 0.15) is 87.6 Å². The highest BCUT2D eigenvalue weighted by Crippen LogP contribution is 2.52. The Bertz CT molecular complexity index is 7270. The summed E-state index contributed by atoms with van der Waals surface area (Å²) in [6.45, 7) is 10.1. The zero-order valence-electron chi connectivity index (χ0n) is 79.5. The van der Waals surface area contributed by atoms with Gasteiger partial charge < -0.3 is 79.1 Å². The second-order valence-corrected chi connectivity index (χ2v) is 38.7. The van der Waals surface area contributed by atoms with Gasteiger partial charge in [0, 0.05) is 160 Å². The number of hydrogen-bond acceptors (Lipinski definition) is 25. The third-order valence-corrected chi connectivity index (χ3v) is 29.5. The Morgan fingerprint density at radius 1 is 0.486 bits per heavy atom. The average molecular weight is 2150 g/mol. The van der Waals surface area contributed by atoms with Crippen LogP contribution in [0.15, 0.2) is 163 Å². The first-order chi connectivity index (χ1) is 69.4. The fourth-order valence-corrected chi connectivity index (χ4v) is 21.9. The molecule has 0 spiro atoms. The van der Waals surface area contributed by atoms with Crippen LogP contribution in [0, 0.1) is 24.7 Å². The van der Waals surface area contributed by atoms with Crippen LogP contribution in [-0.2, 0) is 48.5 Å². The van der Waals surface area contributed by atoms with Crippen molar-refractivity contribution >= 4 is 193 Å². The largest absolute Gasteiger partial charge is 0.495 e. The van der Waals surface area contributed by atoms with E-state index in [0.29, 0.717) is 193 Å². The molecule has 144 heavy (non-hydrogen) atoms. The third kappa shape index (κ3) is 24.1. The SMILES string of the molecule is C#CC(=O)N[C@H]1CCCC[C@H]1Nc1cc2c(cn1)cc(-c1c(Cl)c(OC)cc(OC)c1Cl)c(=O)n2CC.C#CC(=O)N[C@H]1Cc2ccccc2[C@H]1Cc1ncc2cc(-c3c(Cl)c(OC)cc(OC)c3Cl)ccc2n1.C=CC(=O)N[C@H]1CCOC[C@H]1Nc1ncc2cc(-c3c(Cl)c(OC)cc(OC)c3Cl)cc(Cl)c2n1.C=CS(=O)(=O)N[C@H]1CCCC[C@H]1Nc1ncc2cc(-c3c(Cl)c(OC)cc(OC)c3Cl)ccc2n1. The van der Waals surface area contributed by atoms with Crippen LogP contribution in [0.25, 0.3) is 88.1 Å². The molecule has 4 aliphatic rings. The van der Waals surface area contributed by atoms with E-state index in [0.717, 1.165) is 96.0 Å². The summed E-state index contributed by atoms with van der Waals surface area (Å²) in [6, 6.07) is 32.2. The molecule has 1 aliphatic heterocycles. The van der Waals surface area contributed by atoms with Gasteiger partial charge >= 0.3 is 0 Å². The average Bonchev–Trinajstić information content (AvgIpc) is 0.929. The summed E-state index contributed by atoms with van der Waals surface area (Å²) in [4.78, 5) is 81.4. The summed E-state index contributed by atoms with van der Waals surface area (Å²) in [5, 5.41) is 25.7. The van der Waals surface area contributed by atoms with E-state index in [-0.39, 0.29) is 69.7 Å². The molecule has 3 aliphatic carbocycles. The summed E-state index contributed by atoms with van der Waals surface area (Å²) in [6.07, 6.45) is 27.8. The van der Waals surface area contributed by atoms with E-state index >= 15 is 0 Å². The van der Waals surface area contributed by atoms with E-state index < -0.39 is 21.8 Å². The molecule has 13 aromatic rings. The Balaban J connectivity index is 0.000000152. The number of rotatable bonds is 28. The molecule has 1 saturated heterocycles. The highest BCUT2D eigenvalue weighted by molar-refractivity contribution is 7.92. The Morgan fingerprint density at radius 2 is 0.938 bits per heavy atom. The van der Waals surface area contributed by atoms with Crippen molar-refractivity contribution in [2.24, 2.45) is 0 Å². The van der Waals surface area contributed by atoms with E-state index in [1.165, 1.54) is 59.9 Å². The van der Waals surface area contributed by atoms with E-state index in [4.69, 9.17) is 165 Å². The van der Waals surface area contributed by atoms with Gasteiger partial charge in [-0.15, -0.1) is 12.8 Å². The number of anilines is 3. The molecule has 40 heteroatoms. The Hall–Kier alpha value is -12.6. The zero-order valence-corrected chi connectivity index (χ0v) is 87.1. The maximum Gasteiger partial charge on any atom is 0.295 e. The Kier molecular flexibility index (Phi) is 36.0. The molecule has 7 N–H and O–H groups in total. The van der Waals surface area contributed by atoms with Gasteiger partial charge in [-0.3, -0.25) is 19.2 Å². The lowest BCUT2D eigenvalue weighted by Gasteiger charge is -2.32. The standard InChI is InChI=1S/C29H23Cl2N3O3.C27H28Cl2N4O4.C24H23Cl3N4O4.C24H26Cl2N4O4S/c1-4-26(35)34-22-12-16-7-5-6-8-19(16)20(22)13-25-32-15-18-11-17(9-10-21(18)33-25)27-28(30)23(36-2)14-24(37-3)29(27)31;1-5-23(34)32-18-10-8-7-9-17(18)31-22-12-19-15(14-30-22)11-16(27(35)33(19)6-2)24-25(28)20(36-3)13-21(37-4)26(24)29;1-4-19(32)29-15-5-6-35-11-16(15)30-24-28-10-13-7-12(8-14(25)23(13)31-24)20-21(26)17(33-2)9-18(34-3)22(20)27;1-4-35(31,32)30-18-8-6-5-7-17(18)29-24-27-13-15-11-14(9-10-16(15)28-24)21-22(25)19(33-2)12-20(34-3)23(21)26/h1,5-11,14-15,20,22H,12-13H2,2-3H3,(H,34,35);1,11-14,17-18H,6-10H2,2-4H3,(H,30,31)(H,32,34);4,7-10,15-16H,1,5-6,11H2,2-3H3,(H,29,32)(H,28,30,31);4,9-13,17-18,30H,1,5-8H2,2-3H3,(H,27,28,29)/t20-,22+;17-,18+;15-,16+;17-,18+/m1101/s1. The molecule has 2 saturated carbocycles. The minimum absolute atomic E-state index is 0.0204. The number of pyridine rings is 2. The molecular weight excluding hydrogens is 2050 g/mol. The number of hydrogen-bond donors (Lipinski definition) is 7. The molecule has 0 bridgehead atoms. The first-order valence-corrected chi connectivity index (χ1v) is 50.3. The van der Waals surface area contributed by atoms with Crippen LogP contribution >= 0.6 is 104 Å². The van der Waals surface area contributed by atoms with E-state index in [1.807, 2.05) is 67.6 Å². The van der Waals surface area contributed by atoms with Gasteiger partial charge in [0.15, 0.2) is 0 Å². The van der Waals surface area contributed by atoms with Crippen LogP contribution < -0.4 is 80.1 Å². The number of benzene rings is 8. The fourth-order valence-electron chi connectivity index (χ4n) is 18.0. The second kappa shape index (κ2) is 48.4. The first-order valence-electron chi connectivity index (χ1n) is 45.4. The van der Waals surface area contributed by atoms with Gasteiger partial charge in [-0.25, -0.2) is 48.0 Å². The highest BCUT2D eigenvalue weighted by atomic mass is 35.5. The van der Waals surface area contributed by atoms with Gasteiger partial charge in [-0.1, -0.05) is 180 Å². The number of fused-ring (bicyclic) bond motifs is 5. The van der Waals surface area contributed by atoms with Crippen molar-refractivity contribution in [3.63, 3.8) is 0 Å². The molecule has 8 aromatic carbocycles. The molecule has 6 heterocycles. The molecular formula is C104H100Cl9N15O15S. The number of amides is 3. The Morgan fingerprint density at radius 3 is 1.46 bits per heavy atom. The van der Waals surface area contributed by atoms with E-state index in [2.05, 4.69) is 104 Å². The van der Waals surface area contributed by atoms with Crippen LogP contribution in [0.5, 0.6) is 46.0 Å². The van der Waals surface area contributed by atoms with E-state index in [9.17, 15) is 27.6 Å². The highest BCUT2D eigenvalue weighted by Gasteiger charge is 2.37.